The van der Waals surface area contributed by atoms with Crippen molar-refractivity contribution >= 4 is 48.3 Å². The summed E-state index contributed by atoms with van der Waals surface area (Å²) in [6, 6.07) is 32.6. The first-order valence-corrected chi connectivity index (χ1v) is 21.2. The average Bonchev–Trinajstić information content (AvgIpc) is 3.75. The lowest BCUT2D eigenvalue weighted by Gasteiger charge is -2.32. The Morgan fingerprint density at radius 1 is 0.962 bits per heavy atom. The molecule has 3 heterocycles. The third-order valence-corrected chi connectivity index (χ3v) is 13.3. The first-order chi connectivity index (χ1) is 25.5. The van der Waals surface area contributed by atoms with Gasteiger partial charge in [0.15, 0.2) is 13.9 Å². The lowest BCUT2D eigenvalue weighted by Crippen LogP contribution is -2.46. The molecule has 5 aromatic rings. The molecule has 2 aliphatic heterocycles. The van der Waals surface area contributed by atoms with Crippen molar-refractivity contribution in [1.29, 1.82) is 0 Å². The Morgan fingerprint density at radius 3 is 2.45 bits per heavy atom. The van der Waals surface area contributed by atoms with Crippen LogP contribution in [-0.2, 0) is 44.2 Å². The molecule has 1 aromatic heterocycles. The van der Waals surface area contributed by atoms with Crippen LogP contribution < -0.4 is 10.2 Å². The molecule has 1 spiro atoms. The molecule has 0 aliphatic carbocycles. The summed E-state index contributed by atoms with van der Waals surface area (Å²) in [5, 5.41) is 13.9. The van der Waals surface area contributed by atoms with Crippen molar-refractivity contribution in [2.75, 3.05) is 23.4 Å². The van der Waals surface area contributed by atoms with E-state index in [4.69, 9.17) is 4.74 Å². The fourth-order valence-corrected chi connectivity index (χ4v) is 11.0. The van der Waals surface area contributed by atoms with Crippen LogP contribution in [0.5, 0.6) is 0 Å². The molecule has 0 bridgehead atoms. The predicted octanol–water partition coefficient (Wildman–Crippen LogP) is 6.10. The molecule has 10 nitrogen and oxygen atoms in total. The van der Waals surface area contributed by atoms with Gasteiger partial charge in [-0.05, 0) is 54.0 Å². The molecule has 7 rings (SSSR count). The molecular weight excluding hydrogens is 685 g/mol. The minimum Gasteiger partial charge on any atom is -0.432 e. The van der Waals surface area contributed by atoms with Gasteiger partial charge in [0.25, 0.3) is 5.91 Å². The van der Waals surface area contributed by atoms with E-state index in [1.165, 1.54) is 0 Å². The van der Waals surface area contributed by atoms with E-state index in [2.05, 4.69) is 10.3 Å². The van der Waals surface area contributed by atoms with Gasteiger partial charge < -0.3 is 34.7 Å². The SMILES string of the molecule is C[C@H]1[C@H]([Si](C)(C)O)[C@@H](CC(=O)N(CCO)Cc2ccccc2)O[C@]12C(=O)N(Cc1cccc(NC(=O)Cc3c[nH]c4ccccc34)c1)c1ccccc12. The molecule has 1 fully saturated rings. The number of carbonyl (C=O) groups is 3. The van der Waals surface area contributed by atoms with E-state index in [1.807, 2.05) is 129 Å². The number of hydrogen-bond acceptors (Lipinski definition) is 6. The number of benzene rings is 4. The van der Waals surface area contributed by atoms with Crippen LogP contribution in [0.4, 0.5) is 11.4 Å². The first kappa shape index (κ1) is 36.3. The topological polar surface area (TPSA) is 135 Å². The van der Waals surface area contributed by atoms with Crippen LogP contribution in [0, 0.1) is 5.92 Å². The highest BCUT2D eigenvalue weighted by molar-refractivity contribution is 6.71. The monoisotopic (exact) mass is 730 g/mol. The molecule has 2 aliphatic rings. The Hall–Kier alpha value is -5.07. The third-order valence-electron chi connectivity index (χ3n) is 10.8. The number of amides is 3. The summed E-state index contributed by atoms with van der Waals surface area (Å²) in [4.78, 5) is 60.1. The van der Waals surface area contributed by atoms with Gasteiger partial charge in [-0.2, -0.15) is 0 Å². The van der Waals surface area contributed by atoms with E-state index in [1.54, 1.807) is 9.80 Å². The van der Waals surface area contributed by atoms with E-state index < -0.39 is 31.5 Å². The van der Waals surface area contributed by atoms with E-state index >= 15 is 0 Å². The smallest absolute Gasteiger partial charge is 0.264 e. The van der Waals surface area contributed by atoms with Gasteiger partial charge in [-0.25, -0.2) is 0 Å². The van der Waals surface area contributed by atoms with Crippen LogP contribution in [0.15, 0.2) is 109 Å². The maximum absolute atomic E-state index is 14.9. The van der Waals surface area contributed by atoms with Gasteiger partial charge in [-0.3, -0.25) is 14.4 Å². The van der Waals surface area contributed by atoms with Crippen LogP contribution in [0.25, 0.3) is 10.9 Å². The molecular formula is C42H46N4O6Si. The Balaban J connectivity index is 1.12. The number of anilines is 2. The zero-order chi connectivity index (χ0) is 37.3. The summed E-state index contributed by atoms with van der Waals surface area (Å²) >= 11 is 0. The van der Waals surface area contributed by atoms with Crippen molar-refractivity contribution < 1.29 is 29.0 Å². The number of ether oxygens (including phenoxy) is 1. The van der Waals surface area contributed by atoms with Crippen molar-refractivity contribution in [2.24, 2.45) is 5.92 Å². The summed E-state index contributed by atoms with van der Waals surface area (Å²) in [5.41, 5.74) is 3.89. The van der Waals surface area contributed by atoms with Crippen LogP contribution in [-0.4, -0.2) is 65.1 Å². The highest BCUT2D eigenvalue weighted by Crippen LogP contribution is 2.59. The van der Waals surface area contributed by atoms with Gasteiger partial charge in [-0.1, -0.05) is 85.8 Å². The predicted molar refractivity (Wildman–Crippen MR) is 207 cm³/mol. The van der Waals surface area contributed by atoms with Gasteiger partial charge in [0.1, 0.15) is 0 Å². The molecule has 4 atom stereocenters. The number of aliphatic hydroxyl groups is 1. The first-order valence-electron chi connectivity index (χ1n) is 18.2. The summed E-state index contributed by atoms with van der Waals surface area (Å²) in [7, 11) is -3.01. The van der Waals surface area contributed by atoms with Crippen LogP contribution in [0.3, 0.4) is 0 Å². The van der Waals surface area contributed by atoms with Crippen LogP contribution >= 0.6 is 0 Å². The second-order valence-corrected chi connectivity index (χ2v) is 18.8. The molecule has 53 heavy (non-hydrogen) atoms. The van der Waals surface area contributed by atoms with Crippen molar-refractivity contribution in [1.82, 2.24) is 9.88 Å². The minimum atomic E-state index is -3.01. The lowest BCUT2D eigenvalue weighted by molar-refractivity contribution is -0.150. The summed E-state index contributed by atoms with van der Waals surface area (Å²) in [6.07, 6.45) is 1.33. The fraction of sp³-hybridized carbons (Fsp3) is 0.310. The molecule has 11 heteroatoms. The van der Waals surface area contributed by atoms with Crippen molar-refractivity contribution in [3.05, 3.63) is 132 Å². The summed E-state index contributed by atoms with van der Waals surface area (Å²) < 4.78 is 6.89. The molecule has 0 unspecified atom stereocenters. The Bertz CT molecular complexity index is 2130. The molecule has 4 aromatic carbocycles. The fourth-order valence-electron chi connectivity index (χ4n) is 8.49. The standard InChI is InChI=1S/C42H46N4O6Si/c1-28-40(53(2,3)51)37(24-39(49)45(20-21-47)26-29-12-5-4-6-13-29)52-42(28)34-17-8-10-19-36(34)46(41(42)50)27-30-14-11-15-32(22-30)44-38(48)23-31-25-43-35-18-9-7-16-33(31)35/h4-19,22,25,28,37,40,43,47,51H,20-21,23-24,26-27H2,1-3H3,(H,44,48)/t28-,37+,40-,42+/m0/s1. The maximum atomic E-state index is 14.9. The van der Waals surface area contributed by atoms with Gasteiger partial charge >= 0.3 is 0 Å². The van der Waals surface area contributed by atoms with Crippen molar-refractivity contribution in [2.45, 2.75) is 63.2 Å². The Labute approximate surface area is 310 Å². The van der Waals surface area contributed by atoms with E-state index in [0.717, 1.165) is 33.2 Å². The molecule has 0 saturated carbocycles. The number of rotatable bonds is 12. The van der Waals surface area contributed by atoms with Crippen molar-refractivity contribution in [3.63, 3.8) is 0 Å². The van der Waals surface area contributed by atoms with Gasteiger partial charge in [0.05, 0.1) is 37.8 Å². The highest BCUT2D eigenvalue weighted by Gasteiger charge is 2.66. The molecule has 4 N–H and O–H groups in total. The number of aromatic amines is 1. The number of hydrogen-bond donors (Lipinski definition) is 4. The second kappa shape index (κ2) is 14.7. The number of nitrogens with one attached hydrogen (secondary N) is 2. The Kier molecular flexibility index (Phi) is 10.1. The Morgan fingerprint density at radius 2 is 1.68 bits per heavy atom. The van der Waals surface area contributed by atoms with E-state index in [9.17, 15) is 24.3 Å². The highest BCUT2D eigenvalue weighted by atomic mass is 28.4. The van der Waals surface area contributed by atoms with Crippen molar-refractivity contribution in [3.8, 4) is 0 Å². The quantitative estimate of drug-likeness (QED) is 0.115. The van der Waals surface area contributed by atoms with Gasteiger partial charge in [0.2, 0.25) is 11.8 Å². The largest absolute Gasteiger partial charge is 0.432 e. The van der Waals surface area contributed by atoms with Gasteiger partial charge in [-0.15, -0.1) is 0 Å². The maximum Gasteiger partial charge on any atom is 0.264 e. The third kappa shape index (κ3) is 7.05. The minimum absolute atomic E-state index is 0.0314. The molecule has 0 radical (unpaired) electrons. The second-order valence-electron chi connectivity index (χ2n) is 14.8. The number of para-hydroxylation sites is 2. The number of nitrogens with zero attached hydrogens (tertiary/aromatic N) is 2. The van der Waals surface area contributed by atoms with E-state index in [0.29, 0.717) is 17.9 Å². The van der Waals surface area contributed by atoms with Crippen LogP contribution in [0.2, 0.25) is 18.6 Å². The number of aromatic nitrogens is 1. The summed E-state index contributed by atoms with van der Waals surface area (Å²) in [5.74, 6) is -1.03. The van der Waals surface area contributed by atoms with Crippen LogP contribution in [0.1, 0.15) is 35.6 Å². The molecule has 274 valence electrons. The molecule has 1 saturated heterocycles. The summed E-state index contributed by atoms with van der Waals surface area (Å²) in [6.45, 7) is 6.16. The number of H-pyrrole nitrogens is 1. The van der Waals surface area contributed by atoms with Gasteiger partial charge in [0, 0.05) is 52.9 Å². The molecule has 3 amide bonds. The lowest BCUT2D eigenvalue weighted by atomic mass is 9.82. The number of aliphatic hydroxyl groups excluding tert-OH is 1. The number of fused-ring (bicyclic) bond motifs is 3. The zero-order valence-corrected chi connectivity index (χ0v) is 31.3. The average molecular weight is 731 g/mol. The zero-order valence-electron chi connectivity index (χ0n) is 30.3. The van der Waals surface area contributed by atoms with E-state index in [-0.39, 0.29) is 50.3 Å². The normalized spacial score (nSPS) is 21.0. The number of carbonyl (C=O) groups excluding carboxylic acids is 3.